The van der Waals surface area contributed by atoms with E-state index in [9.17, 15) is 4.79 Å². The van der Waals surface area contributed by atoms with E-state index < -0.39 is 0 Å². The monoisotopic (exact) mass is 292 g/mol. The molecule has 118 valence electrons. The molecule has 0 saturated carbocycles. The van der Waals surface area contributed by atoms with Crippen LogP contribution in [0.2, 0.25) is 0 Å². The van der Waals surface area contributed by atoms with Crippen LogP contribution in [0.4, 0.5) is 0 Å². The van der Waals surface area contributed by atoms with Gasteiger partial charge in [-0.15, -0.1) is 0 Å². The fourth-order valence-electron chi connectivity index (χ4n) is 2.04. The summed E-state index contributed by atoms with van der Waals surface area (Å²) in [6.07, 6.45) is 2.94. The molecule has 21 heavy (non-hydrogen) atoms. The van der Waals surface area contributed by atoms with Gasteiger partial charge in [-0.25, -0.2) is 0 Å². The van der Waals surface area contributed by atoms with Gasteiger partial charge in [0.2, 0.25) is 0 Å². The van der Waals surface area contributed by atoms with Crippen molar-refractivity contribution in [2.24, 2.45) is 11.7 Å². The number of unbranched alkanes of at least 4 members (excludes halogenated alkanes) is 1. The molecule has 1 aromatic rings. The fourth-order valence-corrected chi connectivity index (χ4v) is 2.04. The van der Waals surface area contributed by atoms with Gasteiger partial charge in [0.05, 0.1) is 6.61 Å². The number of benzene rings is 1. The van der Waals surface area contributed by atoms with Crippen molar-refractivity contribution in [3.8, 4) is 5.75 Å². The van der Waals surface area contributed by atoms with Crippen LogP contribution >= 0.6 is 0 Å². The van der Waals surface area contributed by atoms with Gasteiger partial charge in [-0.3, -0.25) is 4.79 Å². The summed E-state index contributed by atoms with van der Waals surface area (Å²) in [5.41, 5.74) is 6.24. The van der Waals surface area contributed by atoms with Crippen molar-refractivity contribution in [1.82, 2.24) is 5.32 Å². The highest BCUT2D eigenvalue weighted by Crippen LogP contribution is 2.14. The Hall–Kier alpha value is -1.55. The first-order valence-electron chi connectivity index (χ1n) is 7.82. The van der Waals surface area contributed by atoms with Crippen LogP contribution in [-0.2, 0) is 0 Å². The van der Waals surface area contributed by atoms with E-state index in [4.69, 9.17) is 10.5 Å². The highest BCUT2D eigenvalue weighted by Gasteiger charge is 2.16. The molecule has 0 aliphatic rings. The maximum atomic E-state index is 12.2. The van der Waals surface area contributed by atoms with Gasteiger partial charge in [0.1, 0.15) is 5.75 Å². The van der Waals surface area contributed by atoms with E-state index in [0.717, 1.165) is 25.0 Å². The van der Waals surface area contributed by atoms with Gasteiger partial charge in [0.15, 0.2) is 0 Å². The Balaban J connectivity index is 2.57. The molecule has 0 radical (unpaired) electrons. The highest BCUT2D eigenvalue weighted by molar-refractivity contribution is 5.94. The third-order valence-electron chi connectivity index (χ3n) is 3.48. The SMILES string of the molecule is CCCCOc1ccc(C(=O)NC(CCN)C(C)C)cc1. The number of hydrogen-bond acceptors (Lipinski definition) is 3. The molecule has 0 fully saturated rings. The average Bonchev–Trinajstić information content (AvgIpc) is 2.47. The molecule has 4 heteroatoms. The number of nitrogens with two attached hydrogens (primary N) is 1. The van der Waals surface area contributed by atoms with Crippen LogP contribution in [-0.4, -0.2) is 25.1 Å². The summed E-state index contributed by atoms with van der Waals surface area (Å²) >= 11 is 0. The Morgan fingerprint density at radius 3 is 2.48 bits per heavy atom. The Labute approximate surface area is 128 Å². The summed E-state index contributed by atoms with van der Waals surface area (Å²) in [7, 11) is 0. The molecule has 0 aliphatic carbocycles. The Bertz CT molecular complexity index is 415. The first kappa shape index (κ1) is 17.5. The molecule has 1 rings (SSSR count). The van der Waals surface area contributed by atoms with Crippen molar-refractivity contribution >= 4 is 5.91 Å². The smallest absolute Gasteiger partial charge is 0.251 e. The van der Waals surface area contributed by atoms with E-state index in [2.05, 4.69) is 26.1 Å². The van der Waals surface area contributed by atoms with Crippen molar-refractivity contribution in [2.75, 3.05) is 13.2 Å². The summed E-state index contributed by atoms with van der Waals surface area (Å²) in [5, 5.41) is 3.05. The predicted molar refractivity (Wildman–Crippen MR) is 86.6 cm³/mol. The fraction of sp³-hybridized carbons (Fsp3) is 0.588. The molecule has 1 amide bonds. The first-order valence-corrected chi connectivity index (χ1v) is 7.82. The summed E-state index contributed by atoms with van der Waals surface area (Å²) in [5.74, 6) is 1.12. The quantitative estimate of drug-likeness (QED) is 0.688. The summed E-state index contributed by atoms with van der Waals surface area (Å²) < 4.78 is 5.59. The Morgan fingerprint density at radius 2 is 1.95 bits per heavy atom. The van der Waals surface area contributed by atoms with Crippen LogP contribution in [0.3, 0.4) is 0 Å². The molecule has 0 spiro atoms. The van der Waals surface area contributed by atoms with Crippen molar-refractivity contribution in [3.63, 3.8) is 0 Å². The van der Waals surface area contributed by atoms with Crippen molar-refractivity contribution in [2.45, 2.75) is 46.1 Å². The molecule has 0 aliphatic heterocycles. The third-order valence-corrected chi connectivity index (χ3v) is 3.48. The van der Waals surface area contributed by atoms with Gasteiger partial charge in [-0.05, 0) is 49.6 Å². The van der Waals surface area contributed by atoms with E-state index in [1.807, 2.05) is 12.1 Å². The number of carbonyl (C=O) groups excluding carboxylic acids is 1. The van der Waals surface area contributed by atoms with Gasteiger partial charge in [-0.1, -0.05) is 27.2 Å². The topological polar surface area (TPSA) is 64.3 Å². The van der Waals surface area contributed by atoms with Gasteiger partial charge in [0.25, 0.3) is 5.91 Å². The highest BCUT2D eigenvalue weighted by atomic mass is 16.5. The van der Waals surface area contributed by atoms with Gasteiger partial charge in [-0.2, -0.15) is 0 Å². The van der Waals surface area contributed by atoms with E-state index in [-0.39, 0.29) is 11.9 Å². The number of nitrogens with one attached hydrogen (secondary N) is 1. The number of amides is 1. The lowest BCUT2D eigenvalue weighted by molar-refractivity contribution is 0.0924. The van der Waals surface area contributed by atoms with Crippen molar-refractivity contribution in [3.05, 3.63) is 29.8 Å². The van der Waals surface area contributed by atoms with Crippen LogP contribution in [0, 0.1) is 5.92 Å². The summed E-state index contributed by atoms with van der Waals surface area (Å²) in [4.78, 5) is 12.2. The van der Waals surface area contributed by atoms with E-state index >= 15 is 0 Å². The molecule has 1 atom stereocenters. The average molecular weight is 292 g/mol. The van der Waals surface area contributed by atoms with Crippen molar-refractivity contribution in [1.29, 1.82) is 0 Å². The molecular formula is C17H28N2O2. The normalized spacial score (nSPS) is 12.2. The first-order chi connectivity index (χ1) is 10.1. The molecular weight excluding hydrogens is 264 g/mol. The molecule has 1 unspecified atom stereocenters. The molecule has 1 aromatic carbocycles. The zero-order valence-electron chi connectivity index (χ0n) is 13.4. The van der Waals surface area contributed by atoms with Crippen LogP contribution < -0.4 is 15.8 Å². The molecule has 4 nitrogen and oxygen atoms in total. The van der Waals surface area contributed by atoms with Crippen LogP contribution in [0.15, 0.2) is 24.3 Å². The van der Waals surface area contributed by atoms with Crippen molar-refractivity contribution < 1.29 is 9.53 Å². The van der Waals surface area contributed by atoms with Crippen LogP contribution in [0.25, 0.3) is 0 Å². The zero-order chi connectivity index (χ0) is 15.7. The number of carbonyl (C=O) groups is 1. The molecule has 0 heterocycles. The minimum Gasteiger partial charge on any atom is -0.494 e. The van der Waals surface area contributed by atoms with Gasteiger partial charge in [0, 0.05) is 11.6 Å². The minimum atomic E-state index is -0.0535. The lowest BCUT2D eigenvalue weighted by Crippen LogP contribution is -2.39. The zero-order valence-corrected chi connectivity index (χ0v) is 13.4. The molecule has 0 saturated heterocycles. The number of ether oxygens (including phenoxy) is 1. The predicted octanol–water partition coefficient (Wildman–Crippen LogP) is 2.97. The van der Waals surface area contributed by atoms with Gasteiger partial charge < -0.3 is 15.8 Å². The second kappa shape index (κ2) is 9.40. The second-order valence-electron chi connectivity index (χ2n) is 5.63. The molecule has 0 bridgehead atoms. The van der Waals surface area contributed by atoms with E-state index in [0.29, 0.717) is 24.6 Å². The number of rotatable bonds is 9. The lowest BCUT2D eigenvalue weighted by atomic mass is 10.0. The third kappa shape index (κ3) is 6.17. The second-order valence-corrected chi connectivity index (χ2v) is 5.63. The summed E-state index contributed by atoms with van der Waals surface area (Å²) in [6.45, 7) is 7.60. The molecule has 3 N–H and O–H groups in total. The minimum absolute atomic E-state index is 0.0535. The Kier molecular flexibility index (Phi) is 7.83. The maximum Gasteiger partial charge on any atom is 0.251 e. The van der Waals surface area contributed by atoms with Crippen LogP contribution in [0.1, 0.15) is 50.4 Å². The Morgan fingerprint density at radius 1 is 1.29 bits per heavy atom. The van der Waals surface area contributed by atoms with Gasteiger partial charge >= 0.3 is 0 Å². The molecule has 0 aromatic heterocycles. The maximum absolute atomic E-state index is 12.2. The standard InChI is InChI=1S/C17H28N2O2/c1-4-5-12-21-15-8-6-14(7-9-15)17(20)19-16(10-11-18)13(2)3/h6-9,13,16H,4-5,10-12,18H2,1-3H3,(H,19,20). The van der Waals surface area contributed by atoms with Crippen LogP contribution in [0.5, 0.6) is 5.75 Å². The largest absolute Gasteiger partial charge is 0.494 e. The lowest BCUT2D eigenvalue weighted by Gasteiger charge is -2.21. The summed E-state index contributed by atoms with van der Waals surface area (Å²) in [6, 6.07) is 7.41. The van der Waals surface area contributed by atoms with E-state index in [1.165, 1.54) is 0 Å². The van der Waals surface area contributed by atoms with E-state index in [1.54, 1.807) is 12.1 Å². The number of hydrogen-bond donors (Lipinski definition) is 2.